The second-order valence-electron chi connectivity index (χ2n) is 7.28. The van der Waals surface area contributed by atoms with E-state index in [1.165, 1.54) is 18.2 Å². The molecule has 0 fully saturated rings. The highest BCUT2D eigenvalue weighted by Gasteiger charge is 2.24. The number of primary sulfonamides is 1. The molecule has 10 heteroatoms. The molecule has 0 amide bonds. The van der Waals surface area contributed by atoms with Crippen molar-refractivity contribution in [2.45, 2.75) is 57.6 Å². The molecular weight excluding hydrogens is 364 g/mol. The lowest BCUT2D eigenvalue weighted by atomic mass is 10.1. The molecular formula is C16H26N2O7S. The lowest BCUT2D eigenvalue weighted by Gasteiger charge is -2.20. The number of hydrogen-bond donors (Lipinski definition) is 3. The van der Waals surface area contributed by atoms with Gasteiger partial charge < -0.3 is 20.3 Å². The van der Waals surface area contributed by atoms with E-state index in [-0.39, 0.29) is 16.1 Å². The molecule has 0 spiro atoms. The number of hydrogen-bond acceptors (Lipinski definition) is 7. The van der Waals surface area contributed by atoms with Gasteiger partial charge in [-0.3, -0.25) is 0 Å². The Morgan fingerprint density at radius 1 is 1.00 bits per heavy atom. The van der Waals surface area contributed by atoms with Crippen LogP contribution in [0.15, 0.2) is 23.1 Å². The summed E-state index contributed by atoms with van der Waals surface area (Å²) in [4.78, 5) is 21.4. The molecule has 0 heterocycles. The van der Waals surface area contributed by atoms with E-state index in [9.17, 15) is 18.0 Å². The molecule has 0 aromatic heterocycles. The van der Waals surface area contributed by atoms with E-state index in [1.54, 1.807) is 41.5 Å². The van der Waals surface area contributed by atoms with Gasteiger partial charge in [0.05, 0.1) is 10.5 Å². The Morgan fingerprint density at radius 2 is 1.46 bits per heavy atom. The number of nitrogens with two attached hydrogens (primary N) is 2. The van der Waals surface area contributed by atoms with E-state index < -0.39 is 33.4 Å². The van der Waals surface area contributed by atoms with Crippen LogP contribution in [0.4, 0.5) is 10.5 Å². The second-order valence-corrected chi connectivity index (χ2v) is 8.81. The zero-order chi connectivity index (χ0) is 20.9. The first kappa shape index (κ1) is 23.7. The molecule has 26 heavy (non-hydrogen) atoms. The lowest BCUT2D eigenvalue weighted by Crippen LogP contribution is -2.26. The minimum atomic E-state index is -4.01. The Morgan fingerprint density at radius 3 is 1.77 bits per heavy atom. The van der Waals surface area contributed by atoms with Crippen LogP contribution >= 0.6 is 0 Å². The number of benzene rings is 1. The van der Waals surface area contributed by atoms with Gasteiger partial charge in [0.1, 0.15) is 11.2 Å². The van der Waals surface area contributed by atoms with Crippen molar-refractivity contribution in [1.29, 1.82) is 0 Å². The van der Waals surface area contributed by atoms with Gasteiger partial charge in [-0.1, -0.05) is 0 Å². The third kappa shape index (κ3) is 9.84. The standard InChI is InChI=1S/C11H16N2O4S.C5H10O3/c1-11(2,3)17-10(14)8-6-7(12)4-5-9(8)18(13,15)16;1-5(2,3)8-4(6)7/h4-6H,12H2,1-3H3,(H2,13,15,16);1-3H3,(H,6,7). The van der Waals surface area contributed by atoms with E-state index in [1.807, 2.05) is 0 Å². The van der Waals surface area contributed by atoms with Crippen LogP contribution in [0.5, 0.6) is 0 Å². The van der Waals surface area contributed by atoms with Crippen molar-refractivity contribution in [1.82, 2.24) is 0 Å². The highest BCUT2D eigenvalue weighted by Crippen LogP contribution is 2.21. The zero-order valence-electron chi connectivity index (χ0n) is 15.7. The van der Waals surface area contributed by atoms with Crippen LogP contribution < -0.4 is 10.9 Å². The molecule has 1 rings (SSSR count). The quantitative estimate of drug-likeness (QED) is 0.512. The Balaban J connectivity index is 0.000000660. The summed E-state index contributed by atoms with van der Waals surface area (Å²) in [5.41, 5.74) is 4.31. The van der Waals surface area contributed by atoms with Gasteiger partial charge in [0.25, 0.3) is 0 Å². The van der Waals surface area contributed by atoms with E-state index in [2.05, 4.69) is 4.74 Å². The molecule has 0 atom stereocenters. The minimum Gasteiger partial charge on any atom is -0.456 e. The molecule has 0 aliphatic rings. The molecule has 5 N–H and O–H groups in total. The SMILES string of the molecule is CC(C)(C)OC(=O)O.CC(C)(C)OC(=O)c1cc(N)ccc1S(N)(=O)=O. The first-order valence-corrected chi connectivity index (χ1v) is 9.04. The number of carbonyl (C=O) groups is 2. The Labute approximate surface area is 153 Å². The van der Waals surface area contributed by atoms with E-state index in [4.69, 9.17) is 20.7 Å². The van der Waals surface area contributed by atoms with Crippen LogP contribution in [0.25, 0.3) is 0 Å². The molecule has 0 saturated carbocycles. The molecule has 0 saturated heterocycles. The minimum absolute atomic E-state index is 0.160. The highest BCUT2D eigenvalue weighted by atomic mass is 32.2. The summed E-state index contributed by atoms with van der Waals surface area (Å²) < 4.78 is 32.2. The number of carbonyl (C=O) groups excluding carboxylic acids is 1. The Bertz CT molecular complexity index is 760. The van der Waals surface area contributed by atoms with Gasteiger partial charge in [-0.15, -0.1) is 0 Å². The molecule has 1 aromatic rings. The fraction of sp³-hybridized carbons (Fsp3) is 0.500. The molecule has 0 bridgehead atoms. The van der Waals surface area contributed by atoms with Crippen LogP contribution in [-0.4, -0.2) is 36.9 Å². The van der Waals surface area contributed by atoms with E-state index in [0.717, 1.165) is 0 Å². The number of esters is 1. The zero-order valence-corrected chi connectivity index (χ0v) is 16.5. The molecule has 9 nitrogen and oxygen atoms in total. The van der Waals surface area contributed by atoms with Crippen molar-refractivity contribution < 1.29 is 32.6 Å². The van der Waals surface area contributed by atoms with Gasteiger partial charge in [0.2, 0.25) is 10.0 Å². The lowest BCUT2D eigenvalue weighted by molar-refractivity contribution is 0.00630. The summed E-state index contributed by atoms with van der Waals surface area (Å²) in [7, 11) is -4.01. The summed E-state index contributed by atoms with van der Waals surface area (Å²) in [5, 5.41) is 13.1. The van der Waals surface area contributed by atoms with E-state index in [0.29, 0.717) is 0 Å². The topological polar surface area (TPSA) is 159 Å². The monoisotopic (exact) mass is 390 g/mol. The normalized spacial score (nSPS) is 11.8. The number of anilines is 1. The highest BCUT2D eigenvalue weighted by molar-refractivity contribution is 7.89. The summed E-state index contributed by atoms with van der Waals surface area (Å²) in [6.07, 6.45) is -1.22. The first-order valence-electron chi connectivity index (χ1n) is 7.50. The summed E-state index contributed by atoms with van der Waals surface area (Å²) >= 11 is 0. The van der Waals surface area contributed by atoms with Crippen molar-refractivity contribution in [2.24, 2.45) is 5.14 Å². The summed E-state index contributed by atoms with van der Waals surface area (Å²) in [6.45, 7) is 10.1. The maximum absolute atomic E-state index is 11.9. The predicted octanol–water partition coefficient (Wildman–Crippen LogP) is 2.35. The van der Waals surface area contributed by atoms with Crippen LogP contribution in [0.1, 0.15) is 51.9 Å². The van der Waals surface area contributed by atoms with Gasteiger partial charge in [0.15, 0.2) is 0 Å². The van der Waals surface area contributed by atoms with Crippen molar-refractivity contribution in [3.8, 4) is 0 Å². The molecule has 0 aliphatic heterocycles. The average Bonchev–Trinajstić information content (AvgIpc) is 2.32. The van der Waals surface area contributed by atoms with Crippen LogP contribution in [0.2, 0.25) is 0 Å². The molecule has 148 valence electrons. The predicted molar refractivity (Wildman–Crippen MR) is 96.3 cm³/mol. The van der Waals surface area contributed by atoms with Crippen LogP contribution in [0, 0.1) is 0 Å². The fourth-order valence-electron chi connectivity index (χ4n) is 1.55. The third-order valence-electron chi connectivity index (χ3n) is 2.32. The largest absolute Gasteiger partial charge is 0.506 e. The first-order chi connectivity index (χ1) is 11.4. The number of ether oxygens (including phenoxy) is 2. The Hall–Kier alpha value is -2.33. The molecule has 0 unspecified atom stereocenters. The van der Waals surface area contributed by atoms with Gasteiger partial charge in [-0.2, -0.15) is 0 Å². The van der Waals surface area contributed by atoms with Gasteiger partial charge in [-0.25, -0.2) is 23.1 Å². The summed E-state index contributed by atoms with van der Waals surface area (Å²) in [6, 6.07) is 3.77. The van der Waals surface area contributed by atoms with Crippen molar-refractivity contribution in [3.63, 3.8) is 0 Å². The fourth-order valence-corrected chi connectivity index (χ4v) is 2.26. The third-order valence-corrected chi connectivity index (χ3v) is 3.29. The number of sulfonamides is 1. The van der Waals surface area contributed by atoms with Crippen molar-refractivity contribution in [3.05, 3.63) is 23.8 Å². The summed E-state index contributed by atoms with van der Waals surface area (Å²) in [5.74, 6) is -0.779. The maximum atomic E-state index is 11.9. The second kappa shape index (κ2) is 8.37. The number of nitrogen functional groups attached to an aromatic ring is 1. The van der Waals surface area contributed by atoms with Crippen LogP contribution in [0.3, 0.4) is 0 Å². The smallest absolute Gasteiger partial charge is 0.456 e. The van der Waals surface area contributed by atoms with Crippen LogP contribution in [-0.2, 0) is 19.5 Å². The molecule has 0 radical (unpaired) electrons. The van der Waals surface area contributed by atoms with Gasteiger partial charge in [-0.05, 0) is 59.7 Å². The molecule has 0 aliphatic carbocycles. The van der Waals surface area contributed by atoms with Gasteiger partial charge >= 0.3 is 12.1 Å². The van der Waals surface area contributed by atoms with Crippen molar-refractivity contribution >= 4 is 27.8 Å². The average molecular weight is 390 g/mol. The maximum Gasteiger partial charge on any atom is 0.506 e. The van der Waals surface area contributed by atoms with Crippen molar-refractivity contribution in [2.75, 3.05) is 5.73 Å². The van der Waals surface area contributed by atoms with Gasteiger partial charge in [0, 0.05) is 5.69 Å². The Kier molecular flexibility index (Phi) is 7.62. The van der Waals surface area contributed by atoms with E-state index >= 15 is 0 Å². The number of rotatable bonds is 2. The molecule has 1 aromatic carbocycles. The number of carboxylic acid groups (broad SMARTS) is 1.